The summed E-state index contributed by atoms with van der Waals surface area (Å²) in [5.41, 5.74) is 5.63. The number of halogens is 2. The summed E-state index contributed by atoms with van der Waals surface area (Å²) in [6, 6.07) is 14.7. The molecular weight excluding hydrogens is 422 g/mol. The number of carbonyl (C=O) groups is 2. The molecule has 2 aromatic carbocycles. The van der Waals surface area contributed by atoms with Gasteiger partial charge >= 0.3 is 0 Å². The van der Waals surface area contributed by atoms with Gasteiger partial charge in [0.1, 0.15) is 12.3 Å². The summed E-state index contributed by atoms with van der Waals surface area (Å²) in [4.78, 5) is 23.8. The summed E-state index contributed by atoms with van der Waals surface area (Å²) < 4.78 is 7.94. The maximum Gasteiger partial charge on any atom is 0.276 e. The Labute approximate surface area is 163 Å². The van der Waals surface area contributed by atoms with Crippen LogP contribution in [0.15, 0.2) is 59.2 Å². The minimum atomic E-state index is -0.491. The highest BCUT2D eigenvalue weighted by Gasteiger charge is 2.09. The Balaban J connectivity index is 1.47. The number of amides is 2. The second-order valence-electron chi connectivity index (χ2n) is 5.46. The van der Waals surface area contributed by atoms with Crippen molar-refractivity contribution in [3.63, 3.8) is 0 Å². The van der Waals surface area contributed by atoms with Crippen molar-refractivity contribution in [3.8, 4) is 5.75 Å². The molecule has 0 aliphatic rings. The number of hydrogen-bond acceptors (Lipinski definition) is 3. The molecule has 0 radical (unpaired) electrons. The number of benzene rings is 2. The monoisotopic (exact) mass is 435 g/mol. The fraction of sp³-hybridized carbons (Fsp3) is 0.111. The van der Waals surface area contributed by atoms with E-state index in [9.17, 15) is 9.59 Å². The van der Waals surface area contributed by atoms with Crippen LogP contribution < -0.4 is 15.6 Å². The Morgan fingerprint density at radius 2 is 1.85 bits per heavy atom. The van der Waals surface area contributed by atoms with Crippen molar-refractivity contribution in [1.29, 1.82) is 0 Å². The van der Waals surface area contributed by atoms with Crippen molar-refractivity contribution in [1.82, 2.24) is 15.4 Å². The first-order valence-electron chi connectivity index (χ1n) is 7.72. The van der Waals surface area contributed by atoms with E-state index in [2.05, 4.69) is 26.8 Å². The first kappa shape index (κ1) is 18.3. The maximum atomic E-state index is 12.0. The third-order valence-corrected chi connectivity index (χ3v) is 4.38. The van der Waals surface area contributed by atoms with E-state index < -0.39 is 5.91 Å². The molecule has 0 aliphatic carbocycles. The maximum absolute atomic E-state index is 12.0. The lowest BCUT2D eigenvalue weighted by molar-refractivity contribution is -0.130. The molecule has 0 saturated heterocycles. The number of aromatic nitrogens is 1. The summed E-state index contributed by atoms with van der Waals surface area (Å²) in [6.07, 6.45) is 1.82. The van der Waals surface area contributed by atoms with Gasteiger partial charge in [-0.05, 0) is 35.7 Å². The van der Waals surface area contributed by atoms with E-state index >= 15 is 0 Å². The molecule has 0 spiro atoms. The van der Waals surface area contributed by atoms with Gasteiger partial charge < -0.3 is 9.30 Å². The molecule has 134 valence electrons. The third kappa shape index (κ3) is 4.56. The van der Waals surface area contributed by atoms with Crippen molar-refractivity contribution in [2.24, 2.45) is 0 Å². The minimum absolute atomic E-state index is 0.0905. The molecule has 0 unspecified atom stereocenters. The van der Waals surface area contributed by atoms with Gasteiger partial charge in [-0.25, -0.2) is 0 Å². The van der Waals surface area contributed by atoms with Gasteiger partial charge in [-0.3, -0.25) is 20.4 Å². The molecule has 0 fully saturated rings. The van der Waals surface area contributed by atoms with E-state index in [0.29, 0.717) is 10.8 Å². The normalized spacial score (nSPS) is 10.5. The van der Waals surface area contributed by atoms with E-state index in [4.69, 9.17) is 16.3 Å². The van der Waals surface area contributed by atoms with Crippen molar-refractivity contribution in [2.75, 3.05) is 6.61 Å². The molecule has 26 heavy (non-hydrogen) atoms. The van der Waals surface area contributed by atoms with Gasteiger partial charge in [-0.15, -0.1) is 0 Å². The second-order valence-corrected chi connectivity index (χ2v) is 6.79. The molecule has 0 bridgehead atoms. The van der Waals surface area contributed by atoms with E-state index in [1.54, 1.807) is 22.8 Å². The first-order valence-corrected chi connectivity index (χ1v) is 8.89. The average molecular weight is 437 g/mol. The molecule has 2 N–H and O–H groups in total. The number of para-hydroxylation sites is 1. The van der Waals surface area contributed by atoms with E-state index in [1.165, 1.54) is 0 Å². The van der Waals surface area contributed by atoms with Crippen LogP contribution in [0.25, 0.3) is 10.9 Å². The predicted octanol–water partition coefficient (Wildman–Crippen LogP) is 3.28. The van der Waals surface area contributed by atoms with Gasteiger partial charge in [0.25, 0.3) is 11.8 Å². The summed E-state index contributed by atoms with van der Waals surface area (Å²) in [6.45, 7) is -0.179. The lowest BCUT2D eigenvalue weighted by atomic mass is 10.2. The number of ether oxygens (including phenoxy) is 1. The van der Waals surface area contributed by atoms with Crippen LogP contribution in [0.3, 0.4) is 0 Å². The van der Waals surface area contributed by atoms with E-state index in [1.807, 2.05) is 36.5 Å². The number of hydrazine groups is 1. The number of nitrogens with zero attached hydrogens (tertiary/aromatic N) is 1. The number of fused-ring (bicyclic) bond motifs is 1. The van der Waals surface area contributed by atoms with E-state index in [0.717, 1.165) is 15.4 Å². The molecule has 6 nitrogen and oxygen atoms in total. The Kier molecular flexibility index (Phi) is 5.80. The highest BCUT2D eigenvalue weighted by molar-refractivity contribution is 9.10. The molecular formula is C18H15BrClN3O3. The summed E-state index contributed by atoms with van der Waals surface area (Å²) in [5.74, 6) is -0.453. The van der Waals surface area contributed by atoms with Crippen molar-refractivity contribution < 1.29 is 14.3 Å². The SMILES string of the molecule is O=C(COc1ccc(Br)cc1Cl)NNC(=O)Cn1ccc2ccccc21. The van der Waals surface area contributed by atoms with Crippen LogP contribution >= 0.6 is 27.5 Å². The van der Waals surface area contributed by atoms with Gasteiger partial charge in [0.2, 0.25) is 0 Å². The van der Waals surface area contributed by atoms with Crippen LogP contribution in [-0.4, -0.2) is 23.0 Å². The zero-order chi connectivity index (χ0) is 18.5. The van der Waals surface area contributed by atoms with Gasteiger partial charge in [0, 0.05) is 16.2 Å². The smallest absolute Gasteiger partial charge is 0.276 e. The molecule has 2 amide bonds. The molecule has 1 heterocycles. The zero-order valence-electron chi connectivity index (χ0n) is 13.5. The molecule has 3 rings (SSSR count). The molecule has 0 saturated carbocycles. The Bertz CT molecular complexity index is 958. The summed E-state index contributed by atoms with van der Waals surface area (Å²) >= 11 is 9.30. The fourth-order valence-electron chi connectivity index (χ4n) is 2.38. The lowest BCUT2D eigenvalue weighted by Gasteiger charge is -2.10. The molecule has 0 atom stereocenters. The number of hydrogen-bond donors (Lipinski definition) is 2. The largest absolute Gasteiger partial charge is 0.482 e. The van der Waals surface area contributed by atoms with Crippen LogP contribution in [0.2, 0.25) is 5.02 Å². The first-order chi connectivity index (χ1) is 12.5. The van der Waals surface area contributed by atoms with Crippen molar-refractivity contribution >= 4 is 50.2 Å². The number of carbonyl (C=O) groups excluding carboxylic acids is 2. The van der Waals surface area contributed by atoms with Gasteiger partial charge in [-0.1, -0.05) is 45.7 Å². The fourth-order valence-corrected chi connectivity index (χ4v) is 3.11. The van der Waals surface area contributed by atoms with Gasteiger partial charge in [0.15, 0.2) is 6.61 Å². The Morgan fingerprint density at radius 3 is 2.65 bits per heavy atom. The van der Waals surface area contributed by atoms with Crippen LogP contribution in [0.4, 0.5) is 0 Å². The number of nitrogens with one attached hydrogen (secondary N) is 2. The Morgan fingerprint density at radius 1 is 1.08 bits per heavy atom. The minimum Gasteiger partial charge on any atom is -0.482 e. The summed E-state index contributed by atoms with van der Waals surface area (Å²) in [5, 5.41) is 1.43. The van der Waals surface area contributed by atoms with Crippen molar-refractivity contribution in [3.05, 3.63) is 64.2 Å². The molecule has 1 aromatic heterocycles. The average Bonchev–Trinajstić information content (AvgIpc) is 3.02. The third-order valence-electron chi connectivity index (χ3n) is 3.59. The lowest BCUT2D eigenvalue weighted by Crippen LogP contribution is -2.45. The standard InChI is InChI=1S/C18H15BrClN3O3/c19-13-5-6-16(14(20)9-13)26-11-18(25)22-21-17(24)10-23-8-7-12-3-1-2-4-15(12)23/h1-9H,10-11H2,(H,21,24)(H,22,25). The Hall–Kier alpha value is -2.51. The number of rotatable bonds is 5. The van der Waals surface area contributed by atoms with Crippen LogP contribution in [0.5, 0.6) is 5.75 Å². The molecule has 0 aliphatic heterocycles. The van der Waals surface area contributed by atoms with Gasteiger partial charge in [0.05, 0.1) is 5.02 Å². The van der Waals surface area contributed by atoms with Crippen LogP contribution in [0.1, 0.15) is 0 Å². The highest BCUT2D eigenvalue weighted by atomic mass is 79.9. The molecule has 3 aromatic rings. The topological polar surface area (TPSA) is 72.4 Å². The van der Waals surface area contributed by atoms with E-state index in [-0.39, 0.29) is 19.1 Å². The highest BCUT2D eigenvalue weighted by Crippen LogP contribution is 2.27. The quantitative estimate of drug-likeness (QED) is 0.603. The van der Waals surface area contributed by atoms with Crippen LogP contribution in [0, 0.1) is 0 Å². The second kappa shape index (κ2) is 8.25. The van der Waals surface area contributed by atoms with Crippen molar-refractivity contribution in [2.45, 2.75) is 6.54 Å². The predicted molar refractivity (Wildman–Crippen MR) is 103 cm³/mol. The van der Waals surface area contributed by atoms with Gasteiger partial charge in [-0.2, -0.15) is 0 Å². The molecule has 8 heteroatoms. The summed E-state index contributed by atoms with van der Waals surface area (Å²) in [7, 11) is 0. The zero-order valence-corrected chi connectivity index (χ0v) is 15.9. The van der Waals surface area contributed by atoms with Crippen LogP contribution in [-0.2, 0) is 16.1 Å².